The van der Waals surface area contributed by atoms with Crippen LogP contribution < -0.4 is 15.0 Å². The first-order valence-corrected chi connectivity index (χ1v) is 9.52. The van der Waals surface area contributed by atoms with Gasteiger partial charge in [0.1, 0.15) is 5.82 Å². The van der Waals surface area contributed by atoms with Crippen molar-refractivity contribution in [1.29, 1.82) is 5.26 Å². The molecule has 0 aliphatic carbocycles. The van der Waals surface area contributed by atoms with Crippen molar-refractivity contribution in [2.45, 2.75) is 25.8 Å². The average Bonchev–Trinajstić information content (AvgIpc) is 2.96. The van der Waals surface area contributed by atoms with E-state index in [-0.39, 0.29) is 5.56 Å². The molecule has 0 atom stereocenters. The first-order valence-electron chi connectivity index (χ1n) is 9.52. The quantitative estimate of drug-likeness (QED) is 0.679. The average molecular weight is 387 g/mol. The lowest BCUT2D eigenvalue weighted by atomic mass is 10.0. The van der Waals surface area contributed by atoms with Crippen molar-refractivity contribution in [2.75, 3.05) is 14.2 Å². The maximum Gasteiger partial charge on any atom is 0.261 e. The van der Waals surface area contributed by atoms with Crippen LogP contribution in [-0.2, 0) is 6.54 Å². The molecule has 0 saturated carbocycles. The van der Waals surface area contributed by atoms with Gasteiger partial charge in [0.05, 0.1) is 36.8 Å². The van der Waals surface area contributed by atoms with Gasteiger partial charge in [-0.3, -0.25) is 9.36 Å². The summed E-state index contributed by atoms with van der Waals surface area (Å²) in [5.74, 6) is 1.75. The second kappa shape index (κ2) is 7.80. The Labute approximate surface area is 168 Å². The van der Waals surface area contributed by atoms with Crippen molar-refractivity contribution in [3.8, 4) is 17.6 Å². The molecule has 0 unspecified atom stereocenters. The number of aromatic nitrogens is 2. The highest BCUT2D eigenvalue weighted by atomic mass is 16.5. The van der Waals surface area contributed by atoms with Crippen molar-refractivity contribution < 1.29 is 9.47 Å². The van der Waals surface area contributed by atoms with E-state index in [0.717, 1.165) is 30.4 Å². The maximum atomic E-state index is 13.2. The van der Waals surface area contributed by atoms with Gasteiger partial charge in [0.25, 0.3) is 5.56 Å². The summed E-state index contributed by atoms with van der Waals surface area (Å²) in [7, 11) is 3.12. The van der Waals surface area contributed by atoms with Gasteiger partial charge in [-0.2, -0.15) is 5.26 Å². The first-order chi connectivity index (χ1) is 14.1. The second-order valence-electron chi connectivity index (χ2n) is 6.98. The highest BCUT2D eigenvalue weighted by Crippen LogP contribution is 2.32. The Hall–Kier alpha value is -3.59. The minimum Gasteiger partial charge on any atom is -0.493 e. The molecule has 0 N–H and O–H groups in total. The zero-order valence-electron chi connectivity index (χ0n) is 16.4. The molecule has 146 valence electrons. The molecular formula is C23H21N3O3. The van der Waals surface area contributed by atoms with Crippen LogP contribution in [0.15, 0.2) is 41.2 Å². The summed E-state index contributed by atoms with van der Waals surface area (Å²) in [4.78, 5) is 18.1. The molecule has 1 aliphatic heterocycles. The lowest BCUT2D eigenvalue weighted by Crippen LogP contribution is -2.24. The number of hydrogen-bond donors (Lipinski definition) is 0. The maximum absolute atomic E-state index is 13.2. The summed E-state index contributed by atoms with van der Waals surface area (Å²) in [5, 5.41) is 9.52. The Morgan fingerprint density at radius 1 is 1.10 bits per heavy atom. The Kier molecular flexibility index (Phi) is 5.05. The fourth-order valence-corrected chi connectivity index (χ4v) is 3.69. The fraction of sp³-hybridized carbons (Fsp3) is 0.261. The van der Waals surface area contributed by atoms with E-state index in [2.05, 4.69) is 12.1 Å². The number of hydrogen-bond acceptors (Lipinski definition) is 5. The lowest BCUT2D eigenvalue weighted by Gasteiger charge is -2.14. The Bertz CT molecular complexity index is 1200. The third-order valence-corrected chi connectivity index (χ3v) is 5.21. The second-order valence-corrected chi connectivity index (χ2v) is 6.98. The van der Waals surface area contributed by atoms with Crippen LogP contribution in [0.3, 0.4) is 0 Å². The Morgan fingerprint density at radius 2 is 1.83 bits per heavy atom. The van der Waals surface area contributed by atoms with E-state index in [4.69, 9.17) is 19.7 Å². The van der Waals surface area contributed by atoms with E-state index in [9.17, 15) is 4.79 Å². The van der Waals surface area contributed by atoms with Gasteiger partial charge >= 0.3 is 0 Å². The van der Waals surface area contributed by atoms with Crippen molar-refractivity contribution in [2.24, 2.45) is 0 Å². The Morgan fingerprint density at radius 3 is 2.52 bits per heavy atom. The molecule has 2 heterocycles. The zero-order chi connectivity index (χ0) is 20.4. The monoisotopic (exact) mass is 387 g/mol. The molecule has 0 saturated heterocycles. The molecule has 2 aromatic carbocycles. The van der Waals surface area contributed by atoms with E-state index in [1.54, 1.807) is 43.1 Å². The number of nitriles is 1. The van der Waals surface area contributed by atoms with Gasteiger partial charge in [-0.15, -0.1) is 0 Å². The van der Waals surface area contributed by atoms with Gasteiger partial charge in [-0.1, -0.05) is 12.1 Å². The fourth-order valence-electron chi connectivity index (χ4n) is 3.69. The number of benzene rings is 2. The molecule has 0 amide bonds. The predicted octanol–water partition coefficient (Wildman–Crippen LogP) is 4.01. The van der Waals surface area contributed by atoms with Crippen molar-refractivity contribution in [3.05, 3.63) is 63.7 Å². The van der Waals surface area contributed by atoms with Crippen LogP contribution in [0.5, 0.6) is 11.5 Å². The molecule has 1 aliphatic rings. The standard InChI is InChI=1S/C23H21N3O3/c1-28-20-12-18-19(13-21(20)29-2)25-22-17(5-3-4-10-26(22)23(18)27)11-15-6-8-16(14-24)9-7-15/h6-9,11-13H,3-5,10H2,1-2H3/b17-11-. The SMILES string of the molecule is COc1cc2nc3n(c(=O)c2cc1OC)CCCC/C3=C/c1ccc(C#N)cc1. The van der Waals surface area contributed by atoms with Gasteiger partial charge in [0.2, 0.25) is 0 Å². The van der Waals surface area contributed by atoms with Crippen LogP contribution in [0.1, 0.15) is 36.2 Å². The van der Waals surface area contributed by atoms with E-state index >= 15 is 0 Å². The van der Waals surface area contributed by atoms with E-state index in [1.807, 2.05) is 12.1 Å². The third-order valence-electron chi connectivity index (χ3n) is 5.21. The largest absolute Gasteiger partial charge is 0.493 e. The number of fused-ring (bicyclic) bond motifs is 2. The zero-order valence-corrected chi connectivity index (χ0v) is 16.4. The molecule has 4 rings (SSSR count). The molecule has 29 heavy (non-hydrogen) atoms. The van der Waals surface area contributed by atoms with Crippen LogP contribution in [0.25, 0.3) is 22.6 Å². The van der Waals surface area contributed by atoms with Gasteiger partial charge in [0, 0.05) is 12.6 Å². The topological polar surface area (TPSA) is 77.1 Å². The van der Waals surface area contributed by atoms with Gasteiger partial charge in [-0.25, -0.2) is 4.98 Å². The first kappa shape index (κ1) is 18.8. The number of methoxy groups -OCH3 is 2. The number of nitrogens with zero attached hydrogens (tertiary/aromatic N) is 3. The van der Waals surface area contributed by atoms with E-state index < -0.39 is 0 Å². The summed E-state index contributed by atoms with van der Waals surface area (Å²) >= 11 is 0. The lowest BCUT2D eigenvalue weighted by molar-refractivity contribution is 0.355. The third kappa shape index (κ3) is 3.47. The molecule has 1 aromatic heterocycles. The smallest absolute Gasteiger partial charge is 0.261 e. The number of rotatable bonds is 3. The van der Waals surface area contributed by atoms with Crippen LogP contribution >= 0.6 is 0 Å². The molecule has 6 nitrogen and oxygen atoms in total. The molecule has 3 aromatic rings. The van der Waals surface area contributed by atoms with Crippen molar-refractivity contribution in [1.82, 2.24) is 9.55 Å². The molecule has 0 spiro atoms. The Balaban J connectivity index is 1.91. The predicted molar refractivity (Wildman–Crippen MR) is 112 cm³/mol. The van der Waals surface area contributed by atoms with Crippen LogP contribution in [0.2, 0.25) is 0 Å². The minimum atomic E-state index is -0.0708. The van der Waals surface area contributed by atoms with Crippen molar-refractivity contribution >= 4 is 22.6 Å². The van der Waals surface area contributed by atoms with Crippen LogP contribution in [-0.4, -0.2) is 23.8 Å². The summed E-state index contributed by atoms with van der Waals surface area (Å²) < 4.78 is 12.5. The summed E-state index contributed by atoms with van der Waals surface area (Å²) in [6.07, 6.45) is 4.79. The van der Waals surface area contributed by atoms with Gasteiger partial charge in [0.15, 0.2) is 11.5 Å². The summed E-state index contributed by atoms with van der Waals surface area (Å²) in [6.45, 7) is 0.635. The van der Waals surface area contributed by atoms with Gasteiger partial charge in [-0.05, 0) is 54.7 Å². The minimum absolute atomic E-state index is 0.0708. The van der Waals surface area contributed by atoms with Crippen LogP contribution in [0, 0.1) is 11.3 Å². The van der Waals surface area contributed by atoms with E-state index in [1.165, 1.54) is 0 Å². The molecule has 6 heteroatoms. The van der Waals surface area contributed by atoms with Crippen molar-refractivity contribution in [3.63, 3.8) is 0 Å². The molecule has 0 radical (unpaired) electrons. The van der Waals surface area contributed by atoms with Crippen LogP contribution in [0.4, 0.5) is 0 Å². The number of allylic oxidation sites excluding steroid dienone is 1. The highest BCUT2D eigenvalue weighted by molar-refractivity contribution is 5.86. The number of ether oxygens (including phenoxy) is 2. The molecule has 0 bridgehead atoms. The molecular weight excluding hydrogens is 366 g/mol. The summed E-state index contributed by atoms with van der Waals surface area (Å²) in [5.41, 5.74) is 3.13. The molecule has 0 fully saturated rings. The normalized spacial score (nSPS) is 14.9. The van der Waals surface area contributed by atoms with Gasteiger partial charge < -0.3 is 9.47 Å². The highest BCUT2D eigenvalue weighted by Gasteiger charge is 2.19. The summed E-state index contributed by atoms with van der Waals surface area (Å²) in [6, 6.07) is 13.0. The van der Waals surface area contributed by atoms with E-state index in [0.29, 0.717) is 40.3 Å².